The van der Waals surface area contributed by atoms with Gasteiger partial charge in [0.25, 0.3) is 0 Å². The quantitative estimate of drug-likeness (QED) is 0.828. The van der Waals surface area contributed by atoms with Gasteiger partial charge in [-0.1, -0.05) is 24.3 Å². The molecule has 1 aliphatic heterocycles. The van der Waals surface area contributed by atoms with Gasteiger partial charge in [-0.15, -0.1) is 0 Å². The van der Waals surface area contributed by atoms with Crippen LogP contribution in [-0.4, -0.2) is 38.2 Å². The molecule has 0 N–H and O–H groups in total. The van der Waals surface area contributed by atoms with Crippen molar-refractivity contribution in [1.82, 2.24) is 4.90 Å². The summed E-state index contributed by atoms with van der Waals surface area (Å²) in [7, 11) is 1.66. The van der Waals surface area contributed by atoms with Crippen LogP contribution in [0, 0.1) is 0 Å². The Morgan fingerprint density at radius 3 is 2.36 bits per heavy atom. The zero-order chi connectivity index (χ0) is 17.9. The van der Waals surface area contributed by atoms with E-state index in [4.69, 9.17) is 4.74 Å². The van der Waals surface area contributed by atoms with Gasteiger partial charge in [0.05, 0.1) is 12.7 Å². The molecule has 3 nitrogen and oxygen atoms in total. The number of anilines is 1. The largest absolute Gasteiger partial charge is 0.496 e. The monoisotopic (exact) mass is 350 g/mol. The first-order valence-electron chi connectivity index (χ1n) is 8.24. The van der Waals surface area contributed by atoms with Crippen LogP contribution < -0.4 is 9.64 Å². The third kappa shape index (κ3) is 4.25. The standard InChI is InChI=1S/C19H21F3N2O/c1-25-18-8-3-2-5-15(18)14-23-9-11-24(12-10-23)17-7-4-6-16(13-17)19(20,21)22/h2-8,13H,9-12,14H2,1H3. The molecule has 1 aliphatic rings. The summed E-state index contributed by atoms with van der Waals surface area (Å²) in [5, 5.41) is 0. The van der Waals surface area contributed by atoms with E-state index in [1.165, 1.54) is 12.1 Å². The number of piperazine rings is 1. The highest BCUT2D eigenvalue weighted by Gasteiger charge is 2.31. The molecule has 1 saturated heterocycles. The average molecular weight is 350 g/mol. The van der Waals surface area contributed by atoms with E-state index in [-0.39, 0.29) is 0 Å². The third-order valence-corrected chi connectivity index (χ3v) is 4.50. The molecule has 2 aromatic rings. The van der Waals surface area contributed by atoms with Crippen molar-refractivity contribution in [2.75, 3.05) is 38.2 Å². The first-order valence-corrected chi connectivity index (χ1v) is 8.24. The summed E-state index contributed by atoms with van der Waals surface area (Å²) in [4.78, 5) is 4.30. The highest BCUT2D eigenvalue weighted by Crippen LogP contribution is 2.32. The van der Waals surface area contributed by atoms with E-state index in [1.54, 1.807) is 13.2 Å². The Bertz CT molecular complexity index is 710. The highest BCUT2D eigenvalue weighted by atomic mass is 19.4. The predicted octanol–water partition coefficient (Wildman–Crippen LogP) is 4.04. The van der Waals surface area contributed by atoms with Gasteiger partial charge in [0.15, 0.2) is 0 Å². The number of benzene rings is 2. The number of rotatable bonds is 4. The molecule has 0 radical (unpaired) electrons. The maximum Gasteiger partial charge on any atom is 0.416 e. The Labute approximate surface area is 145 Å². The zero-order valence-electron chi connectivity index (χ0n) is 14.1. The summed E-state index contributed by atoms with van der Waals surface area (Å²) in [6.45, 7) is 3.79. The second-order valence-electron chi connectivity index (χ2n) is 6.12. The van der Waals surface area contributed by atoms with E-state index in [0.717, 1.165) is 37.0 Å². The number of ether oxygens (including phenoxy) is 1. The molecule has 0 bridgehead atoms. The van der Waals surface area contributed by atoms with Crippen LogP contribution in [-0.2, 0) is 12.7 Å². The lowest BCUT2D eigenvalue weighted by Crippen LogP contribution is -2.46. The summed E-state index contributed by atoms with van der Waals surface area (Å²) >= 11 is 0. The lowest BCUT2D eigenvalue weighted by atomic mass is 10.1. The normalized spacial score (nSPS) is 16.1. The second kappa shape index (κ2) is 7.35. The Morgan fingerprint density at radius 1 is 0.960 bits per heavy atom. The molecular weight excluding hydrogens is 329 g/mol. The van der Waals surface area contributed by atoms with Crippen molar-refractivity contribution in [3.05, 3.63) is 59.7 Å². The van der Waals surface area contributed by atoms with Crippen molar-refractivity contribution in [2.24, 2.45) is 0 Å². The summed E-state index contributed by atoms with van der Waals surface area (Å²) < 4.78 is 44.0. The maximum atomic E-state index is 12.9. The minimum absolute atomic E-state index is 0.596. The molecule has 1 heterocycles. The Kier molecular flexibility index (Phi) is 5.18. The lowest BCUT2D eigenvalue weighted by Gasteiger charge is -2.36. The van der Waals surface area contributed by atoms with E-state index < -0.39 is 11.7 Å². The molecule has 0 saturated carbocycles. The lowest BCUT2D eigenvalue weighted by molar-refractivity contribution is -0.137. The average Bonchev–Trinajstić information content (AvgIpc) is 2.62. The van der Waals surface area contributed by atoms with Crippen LogP contribution >= 0.6 is 0 Å². The molecular formula is C19H21F3N2O. The number of nitrogens with zero attached hydrogens (tertiary/aromatic N) is 2. The molecule has 0 unspecified atom stereocenters. The van der Waals surface area contributed by atoms with Crippen molar-refractivity contribution in [2.45, 2.75) is 12.7 Å². The van der Waals surface area contributed by atoms with Gasteiger partial charge in [0.1, 0.15) is 5.75 Å². The fourth-order valence-corrected chi connectivity index (χ4v) is 3.12. The van der Waals surface area contributed by atoms with Crippen LogP contribution in [0.4, 0.5) is 18.9 Å². The minimum atomic E-state index is -4.30. The van der Waals surface area contributed by atoms with Crippen LogP contribution in [0.25, 0.3) is 0 Å². The molecule has 0 spiro atoms. The fourth-order valence-electron chi connectivity index (χ4n) is 3.12. The number of hydrogen-bond donors (Lipinski definition) is 0. The molecule has 25 heavy (non-hydrogen) atoms. The molecule has 0 atom stereocenters. The predicted molar refractivity (Wildman–Crippen MR) is 91.9 cm³/mol. The van der Waals surface area contributed by atoms with Crippen LogP contribution in [0.3, 0.4) is 0 Å². The van der Waals surface area contributed by atoms with E-state index >= 15 is 0 Å². The van der Waals surface area contributed by atoms with E-state index in [0.29, 0.717) is 18.8 Å². The van der Waals surface area contributed by atoms with E-state index in [1.807, 2.05) is 29.2 Å². The summed E-state index contributed by atoms with van der Waals surface area (Å²) in [6.07, 6.45) is -4.30. The molecule has 0 amide bonds. The topological polar surface area (TPSA) is 15.7 Å². The molecule has 3 rings (SSSR count). The van der Waals surface area contributed by atoms with Gasteiger partial charge in [-0.25, -0.2) is 0 Å². The Balaban J connectivity index is 1.62. The smallest absolute Gasteiger partial charge is 0.416 e. The summed E-state index contributed by atoms with van der Waals surface area (Å²) in [6, 6.07) is 13.5. The molecule has 0 aromatic heterocycles. The maximum absolute atomic E-state index is 12.9. The number of alkyl halides is 3. The highest BCUT2D eigenvalue weighted by molar-refractivity contribution is 5.49. The van der Waals surface area contributed by atoms with Crippen molar-refractivity contribution in [3.8, 4) is 5.75 Å². The van der Waals surface area contributed by atoms with Gasteiger partial charge in [0.2, 0.25) is 0 Å². The van der Waals surface area contributed by atoms with Crippen LogP contribution in [0.5, 0.6) is 5.75 Å². The molecule has 134 valence electrons. The molecule has 2 aromatic carbocycles. The van der Waals surface area contributed by atoms with Gasteiger partial charge in [-0.3, -0.25) is 4.90 Å². The van der Waals surface area contributed by atoms with Gasteiger partial charge in [0, 0.05) is 44.0 Å². The van der Waals surface area contributed by atoms with Crippen LogP contribution in [0.15, 0.2) is 48.5 Å². The second-order valence-corrected chi connectivity index (χ2v) is 6.12. The zero-order valence-corrected chi connectivity index (χ0v) is 14.1. The van der Waals surface area contributed by atoms with Gasteiger partial charge >= 0.3 is 6.18 Å². The van der Waals surface area contributed by atoms with E-state index in [9.17, 15) is 13.2 Å². The molecule has 0 aliphatic carbocycles. The number of halogens is 3. The van der Waals surface area contributed by atoms with Gasteiger partial charge < -0.3 is 9.64 Å². The molecule has 6 heteroatoms. The molecule has 1 fully saturated rings. The van der Waals surface area contributed by atoms with Crippen LogP contribution in [0.2, 0.25) is 0 Å². The van der Waals surface area contributed by atoms with E-state index in [2.05, 4.69) is 4.90 Å². The number of hydrogen-bond acceptors (Lipinski definition) is 3. The summed E-state index contributed by atoms with van der Waals surface area (Å²) in [5.74, 6) is 0.864. The Hall–Kier alpha value is -2.21. The minimum Gasteiger partial charge on any atom is -0.496 e. The van der Waals surface area contributed by atoms with Gasteiger partial charge in [-0.2, -0.15) is 13.2 Å². The fraction of sp³-hybridized carbons (Fsp3) is 0.368. The van der Waals surface area contributed by atoms with Crippen molar-refractivity contribution in [3.63, 3.8) is 0 Å². The number of para-hydroxylation sites is 1. The first-order chi connectivity index (χ1) is 12.0. The number of methoxy groups -OCH3 is 1. The van der Waals surface area contributed by atoms with Crippen molar-refractivity contribution >= 4 is 5.69 Å². The third-order valence-electron chi connectivity index (χ3n) is 4.50. The van der Waals surface area contributed by atoms with Gasteiger partial charge in [-0.05, 0) is 24.3 Å². The van der Waals surface area contributed by atoms with Crippen molar-refractivity contribution < 1.29 is 17.9 Å². The van der Waals surface area contributed by atoms with Crippen LogP contribution in [0.1, 0.15) is 11.1 Å². The summed E-state index contributed by atoms with van der Waals surface area (Å²) in [5.41, 5.74) is 1.16. The Morgan fingerprint density at radius 2 is 1.68 bits per heavy atom. The van der Waals surface area contributed by atoms with Crippen molar-refractivity contribution in [1.29, 1.82) is 0 Å². The SMILES string of the molecule is COc1ccccc1CN1CCN(c2cccc(C(F)(F)F)c2)CC1. The first kappa shape index (κ1) is 17.6.